The van der Waals surface area contributed by atoms with Gasteiger partial charge in [-0.15, -0.1) is 0 Å². The molecule has 0 spiro atoms. The maximum atomic E-state index is 13.7. The summed E-state index contributed by atoms with van der Waals surface area (Å²) in [6, 6.07) is 2.68. The summed E-state index contributed by atoms with van der Waals surface area (Å²) in [6.07, 6.45) is -0.120. The minimum absolute atomic E-state index is 0.120. The number of rotatable bonds is 6. The molecule has 0 saturated heterocycles. The number of hydrogen-bond donors (Lipinski definition) is 1. The van der Waals surface area contributed by atoms with E-state index in [9.17, 15) is 4.39 Å². The number of nitrogen functional groups attached to an aromatic ring is 1. The third-order valence-corrected chi connectivity index (χ3v) is 2.30. The largest absolute Gasteiger partial charge is 0.489 e. The minimum atomic E-state index is -0.491. The predicted octanol–water partition coefficient (Wildman–Crippen LogP) is 3.39. The van der Waals surface area contributed by atoms with Crippen LogP contribution in [0.25, 0.3) is 0 Å². The Balaban J connectivity index is 2.65. The molecule has 4 nitrogen and oxygen atoms in total. The highest BCUT2D eigenvalue weighted by Crippen LogP contribution is 2.30. The second-order valence-electron chi connectivity index (χ2n) is 5.80. The molecule has 0 aliphatic rings. The van der Waals surface area contributed by atoms with E-state index >= 15 is 0 Å². The van der Waals surface area contributed by atoms with E-state index in [0.717, 1.165) is 0 Å². The molecule has 0 fully saturated rings. The quantitative estimate of drug-likeness (QED) is 0.643. The molecule has 0 aromatic heterocycles. The summed E-state index contributed by atoms with van der Waals surface area (Å²) in [7, 11) is 0. The maximum absolute atomic E-state index is 13.7. The lowest BCUT2D eigenvalue weighted by molar-refractivity contribution is -0.0162. The van der Waals surface area contributed by atoms with Crippen molar-refractivity contribution in [3.63, 3.8) is 0 Å². The molecule has 0 radical (unpaired) electrons. The molecular formula is C15H24FNO3. The van der Waals surface area contributed by atoms with Crippen LogP contribution in [-0.4, -0.2) is 24.9 Å². The molecular weight excluding hydrogens is 261 g/mol. The van der Waals surface area contributed by atoms with Crippen molar-refractivity contribution in [1.82, 2.24) is 0 Å². The van der Waals surface area contributed by atoms with E-state index in [-0.39, 0.29) is 23.1 Å². The molecule has 0 amide bonds. The van der Waals surface area contributed by atoms with E-state index in [4.69, 9.17) is 19.9 Å². The van der Waals surface area contributed by atoms with Gasteiger partial charge < -0.3 is 19.9 Å². The first-order chi connectivity index (χ1) is 9.19. The van der Waals surface area contributed by atoms with Gasteiger partial charge in [0, 0.05) is 12.1 Å². The van der Waals surface area contributed by atoms with E-state index in [1.54, 1.807) is 0 Å². The zero-order chi connectivity index (χ0) is 15.3. The van der Waals surface area contributed by atoms with E-state index in [1.165, 1.54) is 12.1 Å². The van der Waals surface area contributed by atoms with Gasteiger partial charge in [0.1, 0.15) is 12.4 Å². The third kappa shape index (κ3) is 5.65. The van der Waals surface area contributed by atoms with Crippen molar-refractivity contribution in [3.8, 4) is 11.5 Å². The summed E-state index contributed by atoms with van der Waals surface area (Å²) >= 11 is 0. The molecule has 0 saturated carbocycles. The smallest absolute Gasteiger partial charge is 0.167 e. The van der Waals surface area contributed by atoms with Crippen LogP contribution in [0, 0.1) is 5.82 Å². The molecule has 0 heterocycles. The fourth-order valence-corrected chi connectivity index (χ4v) is 1.52. The first-order valence-electron chi connectivity index (χ1n) is 6.71. The normalized spacial score (nSPS) is 11.8. The van der Waals surface area contributed by atoms with Gasteiger partial charge in [0.05, 0.1) is 24.0 Å². The molecule has 0 aliphatic carbocycles. The zero-order valence-electron chi connectivity index (χ0n) is 12.8. The van der Waals surface area contributed by atoms with Crippen LogP contribution in [0.5, 0.6) is 11.5 Å². The number of hydrogen-bond acceptors (Lipinski definition) is 4. The lowest BCUT2D eigenvalue weighted by Gasteiger charge is -2.20. The van der Waals surface area contributed by atoms with Gasteiger partial charge in [-0.25, -0.2) is 4.39 Å². The van der Waals surface area contributed by atoms with Gasteiger partial charge in [-0.1, -0.05) is 0 Å². The second kappa shape index (κ2) is 6.79. The van der Waals surface area contributed by atoms with Crippen LogP contribution in [0.15, 0.2) is 12.1 Å². The molecule has 5 heteroatoms. The summed E-state index contributed by atoms with van der Waals surface area (Å²) in [5, 5.41) is 0. The minimum Gasteiger partial charge on any atom is -0.489 e. The number of nitrogens with two attached hydrogens (primary N) is 1. The Labute approximate surface area is 120 Å². The molecule has 20 heavy (non-hydrogen) atoms. The van der Waals surface area contributed by atoms with Gasteiger partial charge in [-0.3, -0.25) is 0 Å². The zero-order valence-corrected chi connectivity index (χ0v) is 12.8. The average molecular weight is 285 g/mol. The van der Waals surface area contributed by atoms with Crippen molar-refractivity contribution in [2.75, 3.05) is 18.9 Å². The van der Waals surface area contributed by atoms with Gasteiger partial charge in [-0.2, -0.15) is 0 Å². The van der Waals surface area contributed by atoms with Crippen LogP contribution in [0.1, 0.15) is 34.6 Å². The van der Waals surface area contributed by atoms with Crippen LogP contribution in [0.2, 0.25) is 0 Å². The molecule has 0 aliphatic heterocycles. The Hall–Kier alpha value is -1.49. The van der Waals surface area contributed by atoms with Crippen LogP contribution >= 0.6 is 0 Å². The molecule has 1 aromatic rings. The lowest BCUT2D eigenvalue weighted by atomic mass is 10.2. The van der Waals surface area contributed by atoms with E-state index < -0.39 is 5.82 Å². The van der Waals surface area contributed by atoms with Gasteiger partial charge in [0.25, 0.3) is 0 Å². The third-order valence-electron chi connectivity index (χ3n) is 2.30. The van der Waals surface area contributed by atoms with Crippen LogP contribution in [0.3, 0.4) is 0 Å². The van der Waals surface area contributed by atoms with Crippen molar-refractivity contribution >= 4 is 5.69 Å². The Bertz CT molecular complexity index is 441. The summed E-state index contributed by atoms with van der Waals surface area (Å²) in [6.45, 7) is 10.3. The van der Waals surface area contributed by atoms with E-state index in [0.29, 0.717) is 19.0 Å². The highest BCUT2D eigenvalue weighted by atomic mass is 19.1. The fraction of sp³-hybridized carbons (Fsp3) is 0.600. The first-order valence-corrected chi connectivity index (χ1v) is 6.71. The van der Waals surface area contributed by atoms with Gasteiger partial charge >= 0.3 is 0 Å². The summed E-state index contributed by atoms with van der Waals surface area (Å²) in [5.74, 6) is 0.0509. The molecule has 0 bridgehead atoms. The molecule has 2 N–H and O–H groups in total. The van der Waals surface area contributed by atoms with Crippen molar-refractivity contribution in [1.29, 1.82) is 0 Å². The summed E-state index contributed by atoms with van der Waals surface area (Å²) in [4.78, 5) is 0. The molecule has 1 rings (SSSR count). The van der Waals surface area contributed by atoms with E-state index in [1.807, 2.05) is 34.6 Å². The Kier molecular flexibility index (Phi) is 5.62. The standard InChI is InChI=1S/C15H24FNO3/c1-10(2)20-13-9-14(12(17)8-11(13)16)18-6-7-19-15(3,4)5/h8-10H,6-7,17H2,1-5H3. The SMILES string of the molecule is CC(C)Oc1cc(OCCOC(C)(C)C)c(N)cc1F. The summed E-state index contributed by atoms with van der Waals surface area (Å²) < 4.78 is 30.1. The predicted molar refractivity (Wildman–Crippen MR) is 77.8 cm³/mol. The number of anilines is 1. The van der Waals surface area contributed by atoms with E-state index in [2.05, 4.69) is 0 Å². The van der Waals surface area contributed by atoms with Crippen LogP contribution < -0.4 is 15.2 Å². The average Bonchev–Trinajstić information content (AvgIpc) is 2.28. The van der Waals surface area contributed by atoms with Crippen molar-refractivity contribution in [3.05, 3.63) is 17.9 Å². The van der Waals surface area contributed by atoms with Crippen molar-refractivity contribution < 1.29 is 18.6 Å². The van der Waals surface area contributed by atoms with Crippen molar-refractivity contribution in [2.45, 2.75) is 46.3 Å². The molecule has 0 atom stereocenters. The Morgan fingerprint density at radius 1 is 1.15 bits per heavy atom. The number of ether oxygens (including phenoxy) is 3. The van der Waals surface area contributed by atoms with Gasteiger partial charge in [0.2, 0.25) is 0 Å². The molecule has 0 unspecified atom stereocenters. The van der Waals surface area contributed by atoms with Crippen molar-refractivity contribution in [2.24, 2.45) is 0 Å². The monoisotopic (exact) mass is 285 g/mol. The molecule has 1 aromatic carbocycles. The number of benzene rings is 1. The first kappa shape index (κ1) is 16.6. The van der Waals surface area contributed by atoms with Gasteiger partial charge in [0.15, 0.2) is 11.6 Å². The summed E-state index contributed by atoms with van der Waals surface area (Å²) in [5.41, 5.74) is 5.75. The van der Waals surface area contributed by atoms with Crippen LogP contribution in [-0.2, 0) is 4.74 Å². The highest BCUT2D eigenvalue weighted by Gasteiger charge is 2.13. The number of halogens is 1. The molecule has 114 valence electrons. The van der Waals surface area contributed by atoms with Gasteiger partial charge in [-0.05, 0) is 34.6 Å². The Morgan fingerprint density at radius 3 is 2.35 bits per heavy atom. The maximum Gasteiger partial charge on any atom is 0.167 e. The topological polar surface area (TPSA) is 53.7 Å². The Morgan fingerprint density at radius 2 is 1.80 bits per heavy atom. The fourth-order valence-electron chi connectivity index (χ4n) is 1.52. The highest BCUT2D eigenvalue weighted by molar-refractivity contribution is 5.56. The lowest BCUT2D eigenvalue weighted by Crippen LogP contribution is -2.22. The second-order valence-corrected chi connectivity index (χ2v) is 5.80. The van der Waals surface area contributed by atoms with Crippen LogP contribution in [0.4, 0.5) is 10.1 Å².